The van der Waals surface area contributed by atoms with Crippen molar-refractivity contribution in [1.82, 2.24) is 14.8 Å². The SMILES string of the molecule is CCOC(=O)C(C)(C)Sc1nnc2n1CCN2c1ccc(F)cc1. The molecule has 3 rings (SSSR count). The molecular formula is C16H19FN4O2S. The third kappa shape index (κ3) is 3.10. The highest BCUT2D eigenvalue weighted by Crippen LogP contribution is 2.37. The number of carbonyl (C=O) groups excluding carboxylic acids is 1. The molecule has 1 aromatic heterocycles. The number of halogens is 1. The van der Waals surface area contributed by atoms with Crippen molar-refractivity contribution < 1.29 is 13.9 Å². The summed E-state index contributed by atoms with van der Waals surface area (Å²) in [5, 5.41) is 9.12. The Hall–Kier alpha value is -2.09. The molecule has 128 valence electrons. The molecule has 0 unspecified atom stereocenters. The summed E-state index contributed by atoms with van der Waals surface area (Å²) in [4.78, 5) is 14.0. The molecule has 1 aliphatic rings. The zero-order valence-corrected chi connectivity index (χ0v) is 14.6. The van der Waals surface area contributed by atoms with Crippen LogP contribution in [0.15, 0.2) is 29.4 Å². The Morgan fingerprint density at radius 3 is 2.67 bits per heavy atom. The number of anilines is 2. The van der Waals surface area contributed by atoms with E-state index in [0.717, 1.165) is 12.2 Å². The summed E-state index contributed by atoms with van der Waals surface area (Å²) in [6.07, 6.45) is 0. The fraction of sp³-hybridized carbons (Fsp3) is 0.438. The van der Waals surface area contributed by atoms with Crippen LogP contribution >= 0.6 is 11.8 Å². The quantitative estimate of drug-likeness (QED) is 0.610. The van der Waals surface area contributed by atoms with E-state index < -0.39 is 4.75 Å². The van der Waals surface area contributed by atoms with Gasteiger partial charge >= 0.3 is 5.97 Å². The summed E-state index contributed by atoms with van der Waals surface area (Å²) in [7, 11) is 0. The molecule has 0 spiro atoms. The van der Waals surface area contributed by atoms with E-state index in [0.29, 0.717) is 24.3 Å². The molecule has 0 atom stereocenters. The molecule has 2 heterocycles. The maximum Gasteiger partial charge on any atom is 0.322 e. The highest BCUT2D eigenvalue weighted by Gasteiger charge is 2.35. The second-order valence-electron chi connectivity index (χ2n) is 5.90. The van der Waals surface area contributed by atoms with Crippen LogP contribution in [0.1, 0.15) is 20.8 Å². The maximum absolute atomic E-state index is 13.1. The van der Waals surface area contributed by atoms with Gasteiger partial charge in [0.2, 0.25) is 5.95 Å². The molecule has 0 aliphatic carbocycles. The average molecular weight is 350 g/mol. The number of ether oxygens (including phenoxy) is 1. The second-order valence-corrected chi connectivity index (χ2v) is 7.49. The monoisotopic (exact) mass is 350 g/mol. The third-order valence-corrected chi connectivity index (χ3v) is 4.90. The van der Waals surface area contributed by atoms with Crippen LogP contribution in [-0.4, -0.2) is 38.6 Å². The van der Waals surface area contributed by atoms with Gasteiger partial charge in [0.05, 0.1) is 6.61 Å². The number of benzene rings is 1. The summed E-state index contributed by atoms with van der Waals surface area (Å²) >= 11 is 1.33. The minimum atomic E-state index is -0.747. The predicted molar refractivity (Wildman–Crippen MR) is 90.0 cm³/mol. The molecular weight excluding hydrogens is 331 g/mol. The normalized spacial score (nSPS) is 13.9. The van der Waals surface area contributed by atoms with Crippen molar-refractivity contribution in [3.63, 3.8) is 0 Å². The fourth-order valence-corrected chi connectivity index (χ4v) is 3.46. The van der Waals surface area contributed by atoms with Crippen LogP contribution in [-0.2, 0) is 16.1 Å². The summed E-state index contributed by atoms with van der Waals surface area (Å²) in [5.74, 6) is 0.149. The van der Waals surface area contributed by atoms with Crippen LogP contribution in [0.3, 0.4) is 0 Å². The summed E-state index contributed by atoms with van der Waals surface area (Å²) < 4.78 is 19.4. The number of fused-ring (bicyclic) bond motifs is 1. The summed E-state index contributed by atoms with van der Waals surface area (Å²) in [6, 6.07) is 6.28. The molecule has 8 heteroatoms. The Bertz CT molecular complexity index is 745. The number of nitrogens with zero attached hydrogens (tertiary/aromatic N) is 4. The largest absolute Gasteiger partial charge is 0.465 e. The van der Waals surface area contributed by atoms with Gasteiger partial charge in [0.15, 0.2) is 5.16 Å². The van der Waals surface area contributed by atoms with Crippen molar-refractivity contribution in [2.75, 3.05) is 18.1 Å². The van der Waals surface area contributed by atoms with Crippen LogP contribution < -0.4 is 4.90 Å². The number of hydrogen-bond acceptors (Lipinski definition) is 6. The van der Waals surface area contributed by atoms with E-state index in [9.17, 15) is 9.18 Å². The lowest BCUT2D eigenvalue weighted by Gasteiger charge is -2.20. The van der Waals surface area contributed by atoms with Crippen LogP contribution in [0.4, 0.5) is 16.0 Å². The van der Waals surface area contributed by atoms with Crippen LogP contribution in [0.25, 0.3) is 0 Å². The van der Waals surface area contributed by atoms with Crippen LogP contribution in [0, 0.1) is 5.82 Å². The van der Waals surface area contributed by atoms with Crippen molar-refractivity contribution in [3.8, 4) is 0 Å². The van der Waals surface area contributed by atoms with Gasteiger partial charge in [-0.05, 0) is 45.0 Å². The smallest absolute Gasteiger partial charge is 0.322 e. The minimum Gasteiger partial charge on any atom is -0.465 e. The Kier molecular flexibility index (Phi) is 4.49. The molecule has 24 heavy (non-hydrogen) atoms. The predicted octanol–water partition coefficient (Wildman–Crippen LogP) is 3.00. The van der Waals surface area contributed by atoms with Crippen molar-refractivity contribution in [2.45, 2.75) is 37.2 Å². The maximum atomic E-state index is 13.1. The van der Waals surface area contributed by atoms with E-state index in [1.54, 1.807) is 19.1 Å². The Morgan fingerprint density at radius 1 is 1.29 bits per heavy atom. The van der Waals surface area contributed by atoms with Gasteiger partial charge in [-0.25, -0.2) is 4.39 Å². The molecule has 0 saturated carbocycles. The van der Waals surface area contributed by atoms with Gasteiger partial charge in [0, 0.05) is 18.8 Å². The lowest BCUT2D eigenvalue weighted by atomic mass is 10.2. The molecule has 0 N–H and O–H groups in total. The number of aromatic nitrogens is 3. The van der Waals surface area contributed by atoms with Gasteiger partial charge in [0.25, 0.3) is 0 Å². The molecule has 1 aromatic carbocycles. The first-order valence-electron chi connectivity index (χ1n) is 7.75. The Morgan fingerprint density at radius 2 is 2.00 bits per heavy atom. The summed E-state index contributed by atoms with van der Waals surface area (Å²) in [5.41, 5.74) is 0.865. The second kappa shape index (κ2) is 6.43. The summed E-state index contributed by atoms with van der Waals surface area (Å²) in [6.45, 7) is 7.19. The molecule has 0 amide bonds. The van der Waals surface area contributed by atoms with Gasteiger partial charge in [-0.3, -0.25) is 9.36 Å². The van der Waals surface area contributed by atoms with Gasteiger partial charge in [0.1, 0.15) is 10.6 Å². The van der Waals surface area contributed by atoms with Gasteiger partial charge < -0.3 is 9.64 Å². The zero-order chi connectivity index (χ0) is 17.3. The zero-order valence-electron chi connectivity index (χ0n) is 13.8. The number of carbonyl (C=O) groups is 1. The van der Waals surface area contributed by atoms with Gasteiger partial charge in [-0.2, -0.15) is 0 Å². The number of esters is 1. The van der Waals surface area contributed by atoms with Crippen LogP contribution in [0.2, 0.25) is 0 Å². The third-order valence-electron chi connectivity index (χ3n) is 3.74. The highest BCUT2D eigenvalue weighted by atomic mass is 32.2. The molecule has 0 fully saturated rings. The first kappa shape index (κ1) is 16.8. The average Bonchev–Trinajstić information content (AvgIpc) is 3.11. The van der Waals surface area contributed by atoms with E-state index in [4.69, 9.17) is 4.74 Å². The molecule has 0 radical (unpaired) electrons. The topological polar surface area (TPSA) is 60.2 Å². The molecule has 1 aliphatic heterocycles. The number of hydrogen-bond donors (Lipinski definition) is 0. The minimum absolute atomic E-state index is 0.271. The molecule has 6 nitrogen and oxygen atoms in total. The molecule has 0 bridgehead atoms. The standard InChI is InChI=1S/C16H19FN4O2S/c1-4-23-13(22)16(2,3)24-15-19-18-14-20(9-10-21(14)15)12-7-5-11(17)6-8-12/h5-8H,4,9-10H2,1-3H3. The van der Waals surface area contributed by atoms with Crippen LogP contribution in [0.5, 0.6) is 0 Å². The van der Waals surface area contributed by atoms with E-state index in [1.165, 1.54) is 23.9 Å². The fourth-order valence-electron chi connectivity index (χ4n) is 2.49. The number of rotatable bonds is 5. The van der Waals surface area contributed by atoms with E-state index in [2.05, 4.69) is 10.2 Å². The van der Waals surface area contributed by atoms with Crippen molar-refractivity contribution in [3.05, 3.63) is 30.1 Å². The van der Waals surface area contributed by atoms with Crippen molar-refractivity contribution >= 4 is 29.4 Å². The van der Waals surface area contributed by atoms with E-state index >= 15 is 0 Å². The van der Waals surface area contributed by atoms with Crippen molar-refractivity contribution in [2.24, 2.45) is 0 Å². The molecule has 2 aromatic rings. The Labute approximate surface area is 144 Å². The highest BCUT2D eigenvalue weighted by molar-refractivity contribution is 8.01. The van der Waals surface area contributed by atoms with E-state index in [-0.39, 0.29) is 11.8 Å². The van der Waals surface area contributed by atoms with Gasteiger partial charge in [-0.1, -0.05) is 11.8 Å². The van der Waals surface area contributed by atoms with Crippen molar-refractivity contribution in [1.29, 1.82) is 0 Å². The number of thioether (sulfide) groups is 1. The first-order valence-corrected chi connectivity index (χ1v) is 8.56. The van der Waals surface area contributed by atoms with Gasteiger partial charge in [-0.15, -0.1) is 10.2 Å². The van der Waals surface area contributed by atoms with E-state index in [1.807, 2.05) is 23.3 Å². The lowest BCUT2D eigenvalue weighted by Crippen LogP contribution is -2.30. The molecule has 0 saturated heterocycles. The first-order chi connectivity index (χ1) is 11.4. The Balaban J connectivity index is 1.82. The lowest BCUT2D eigenvalue weighted by molar-refractivity contribution is -0.145.